The first-order chi connectivity index (χ1) is 15.8. The van der Waals surface area contributed by atoms with Crippen LogP contribution < -0.4 is 16.0 Å². The van der Waals surface area contributed by atoms with Crippen LogP contribution in [0.5, 0.6) is 5.88 Å². The number of nitrogens with zero attached hydrogens (tertiary/aromatic N) is 4. The van der Waals surface area contributed by atoms with E-state index in [-0.39, 0.29) is 41.7 Å². The highest BCUT2D eigenvalue weighted by Gasteiger charge is 2.27. The number of aryl methyl sites for hydroxylation is 1. The van der Waals surface area contributed by atoms with Crippen molar-refractivity contribution in [3.05, 3.63) is 40.2 Å². The van der Waals surface area contributed by atoms with Gasteiger partial charge in [-0.3, -0.25) is 9.36 Å². The molecule has 3 heterocycles. The molecule has 0 radical (unpaired) electrons. The summed E-state index contributed by atoms with van der Waals surface area (Å²) in [6.45, 7) is 1.41. The van der Waals surface area contributed by atoms with Crippen LogP contribution in [-0.4, -0.2) is 50.4 Å². The third kappa shape index (κ3) is 4.49. The molecule has 0 amide bonds. The maximum Gasteiger partial charge on any atom is 0.329 e. The number of halogens is 1. The van der Waals surface area contributed by atoms with E-state index in [0.717, 1.165) is 0 Å². The molecule has 3 N–H and O–H groups in total. The Morgan fingerprint density at radius 3 is 2.64 bits per heavy atom. The van der Waals surface area contributed by atoms with Gasteiger partial charge in [-0.2, -0.15) is 4.98 Å². The Bertz CT molecular complexity index is 1270. The summed E-state index contributed by atoms with van der Waals surface area (Å²) in [5, 5.41) is 9.46. The van der Waals surface area contributed by atoms with Gasteiger partial charge in [0.25, 0.3) is 5.56 Å². The zero-order valence-electron chi connectivity index (χ0n) is 18.2. The molecule has 1 aliphatic carbocycles. The van der Waals surface area contributed by atoms with Crippen molar-refractivity contribution in [2.24, 2.45) is 0 Å². The number of fused-ring (bicyclic) bond motifs is 1. The van der Waals surface area contributed by atoms with Gasteiger partial charge in [-0.05, 0) is 44.7 Å². The second-order valence-electron chi connectivity index (χ2n) is 7.99. The summed E-state index contributed by atoms with van der Waals surface area (Å²) < 4.78 is 26.2. The summed E-state index contributed by atoms with van der Waals surface area (Å²) in [5.41, 5.74) is 7.10. The molecule has 174 valence electrons. The van der Waals surface area contributed by atoms with E-state index in [1.807, 2.05) is 0 Å². The summed E-state index contributed by atoms with van der Waals surface area (Å²) in [6.07, 6.45) is 3.55. The zero-order valence-corrected chi connectivity index (χ0v) is 18.2. The summed E-state index contributed by atoms with van der Waals surface area (Å²) in [7, 11) is 1.32. The lowest BCUT2D eigenvalue weighted by atomic mass is 9.92. The lowest BCUT2D eigenvalue weighted by Gasteiger charge is -2.30. The number of aromatic nitrogens is 4. The van der Waals surface area contributed by atoms with Gasteiger partial charge in [-0.25, -0.2) is 19.2 Å². The number of carbonyl (C=O) groups is 1. The van der Waals surface area contributed by atoms with Crippen LogP contribution in [0.15, 0.2) is 23.1 Å². The minimum absolute atomic E-state index is 0.0523. The Morgan fingerprint density at radius 2 is 2.00 bits per heavy atom. The van der Waals surface area contributed by atoms with E-state index in [4.69, 9.17) is 20.3 Å². The van der Waals surface area contributed by atoms with Gasteiger partial charge in [0.05, 0.1) is 18.9 Å². The minimum Gasteiger partial charge on any atom is -0.480 e. The number of carboxylic acid groups (broad SMARTS) is 1. The number of aliphatic carboxylic acids is 1. The molecule has 0 bridgehead atoms. The van der Waals surface area contributed by atoms with E-state index in [0.29, 0.717) is 48.0 Å². The zero-order chi connectivity index (χ0) is 23.7. The molecule has 1 saturated carbocycles. The van der Waals surface area contributed by atoms with E-state index in [9.17, 15) is 14.0 Å². The predicted octanol–water partition coefficient (Wildman–Crippen LogP) is 2.48. The maximum absolute atomic E-state index is 14.3. The van der Waals surface area contributed by atoms with Crippen molar-refractivity contribution in [2.45, 2.75) is 44.8 Å². The van der Waals surface area contributed by atoms with Gasteiger partial charge in [-0.1, -0.05) is 0 Å². The number of ether oxygens (including phenoxy) is 2. The fourth-order valence-corrected chi connectivity index (χ4v) is 4.30. The number of carboxylic acids is 1. The number of anilines is 1. The van der Waals surface area contributed by atoms with Crippen LogP contribution in [0.2, 0.25) is 0 Å². The molecule has 4 rings (SSSR count). The standard InChI is InChI=1S/C22H24FN5O5/c1-11-15-8-16(12-7-17(23)20(32-2)25-9-12)21(31)28(19(15)27-22(24)26-11)13-3-5-14(6-4-13)33-10-18(29)30/h7-9,13-14H,3-6,10H2,1-2H3,(H,29,30)(H2,24,26,27)/t13-,14-. The smallest absolute Gasteiger partial charge is 0.329 e. The van der Waals surface area contributed by atoms with Gasteiger partial charge in [0.2, 0.25) is 11.8 Å². The second kappa shape index (κ2) is 9.10. The highest BCUT2D eigenvalue weighted by Crippen LogP contribution is 2.33. The van der Waals surface area contributed by atoms with Crippen molar-refractivity contribution in [2.75, 3.05) is 19.5 Å². The average Bonchev–Trinajstić information content (AvgIpc) is 2.78. The Hall–Kier alpha value is -3.60. The molecule has 3 aromatic heterocycles. The fraction of sp³-hybridized carbons (Fsp3) is 0.409. The Morgan fingerprint density at radius 1 is 1.27 bits per heavy atom. The third-order valence-electron chi connectivity index (χ3n) is 5.86. The molecule has 0 saturated heterocycles. The second-order valence-corrected chi connectivity index (χ2v) is 7.99. The van der Waals surface area contributed by atoms with Crippen LogP contribution >= 0.6 is 0 Å². The van der Waals surface area contributed by atoms with Gasteiger partial charge < -0.3 is 20.3 Å². The molecule has 0 aliphatic heterocycles. The molecular formula is C22H24FN5O5. The molecule has 33 heavy (non-hydrogen) atoms. The number of hydrogen-bond donors (Lipinski definition) is 2. The highest BCUT2D eigenvalue weighted by atomic mass is 19.1. The van der Waals surface area contributed by atoms with E-state index >= 15 is 0 Å². The minimum atomic E-state index is -1.02. The topological polar surface area (TPSA) is 142 Å². The summed E-state index contributed by atoms with van der Waals surface area (Å²) in [6, 6.07) is 2.63. The lowest BCUT2D eigenvalue weighted by Crippen LogP contribution is -2.32. The van der Waals surface area contributed by atoms with Crippen LogP contribution in [0, 0.1) is 12.7 Å². The van der Waals surface area contributed by atoms with Crippen molar-refractivity contribution in [3.8, 4) is 17.0 Å². The molecule has 1 aliphatic rings. The van der Waals surface area contributed by atoms with Gasteiger partial charge in [0, 0.05) is 28.8 Å². The van der Waals surface area contributed by atoms with Crippen molar-refractivity contribution in [3.63, 3.8) is 0 Å². The molecule has 0 atom stereocenters. The Balaban J connectivity index is 1.80. The van der Waals surface area contributed by atoms with Gasteiger partial charge in [0.1, 0.15) is 12.3 Å². The SMILES string of the molecule is COc1ncc(-c2cc3c(C)nc(N)nc3n([C@H]3CC[C@H](OCC(=O)O)CC3)c2=O)cc1F. The normalized spacial score (nSPS) is 18.4. The Labute approximate surface area is 188 Å². The number of pyridine rings is 2. The molecule has 11 heteroatoms. The quantitative estimate of drug-likeness (QED) is 0.570. The molecule has 1 fully saturated rings. The largest absolute Gasteiger partial charge is 0.480 e. The highest BCUT2D eigenvalue weighted by molar-refractivity contribution is 5.84. The van der Waals surface area contributed by atoms with Crippen LogP contribution in [0.4, 0.5) is 10.3 Å². The molecule has 0 aromatic carbocycles. The summed E-state index contributed by atoms with van der Waals surface area (Å²) >= 11 is 0. The van der Waals surface area contributed by atoms with Crippen molar-refractivity contribution < 1.29 is 23.8 Å². The van der Waals surface area contributed by atoms with E-state index < -0.39 is 11.8 Å². The molecule has 10 nitrogen and oxygen atoms in total. The fourth-order valence-electron chi connectivity index (χ4n) is 4.30. The van der Waals surface area contributed by atoms with E-state index in [1.165, 1.54) is 19.4 Å². The summed E-state index contributed by atoms with van der Waals surface area (Å²) in [5.74, 6) is -1.80. The van der Waals surface area contributed by atoms with Crippen LogP contribution in [-0.2, 0) is 9.53 Å². The number of nitrogens with two attached hydrogens (primary N) is 1. The Kier molecular flexibility index (Phi) is 6.23. The third-order valence-corrected chi connectivity index (χ3v) is 5.86. The van der Waals surface area contributed by atoms with Gasteiger partial charge >= 0.3 is 5.97 Å². The monoisotopic (exact) mass is 457 g/mol. The van der Waals surface area contributed by atoms with Crippen LogP contribution in [0.1, 0.15) is 37.4 Å². The van der Waals surface area contributed by atoms with Crippen molar-refractivity contribution in [1.82, 2.24) is 19.5 Å². The molecular weight excluding hydrogens is 433 g/mol. The first-order valence-corrected chi connectivity index (χ1v) is 10.5. The van der Waals surface area contributed by atoms with E-state index in [2.05, 4.69) is 15.0 Å². The van der Waals surface area contributed by atoms with Crippen molar-refractivity contribution in [1.29, 1.82) is 0 Å². The lowest BCUT2D eigenvalue weighted by molar-refractivity contribution is -0.145. The van der Waals surface area contributed by atoms with Crippen molar-refractivity contribution >= 4 is 23.0 Å². The number of nitrogen functional groups attached to an aromatic ring is 1. The molecule has 3 aromatic rings. The maximum atomic E-state index is 14.3. The van der Waals surface area contributed by atoms with E-state index in [1.54, 1.807) is 17.6 Å². The average molecular weight is 457 g/mol. The molecule has 0 spiro atoms. The predicted molar refractivity (Wildman–Crippen MR) is 118 cm³/mol. The first kappa shape index (κ1) is 22.6. The van der Waals surface area contributed by atoms with Crippen LogP contribution in [0.25, 0.3) is 22.2 Å². The van der Waals surface area contributed by atoms with Gasteiger partial charge in [-0.15, -0.1) is 0 Å². The number of methoxy groups -OCH3 is 1. The first-order valence-electron chi connectivity index (χ1n) is 10.5. The number of rotatable bonds is 6. The van der Waals surface area contributed by atoms with Gasteiger partial charge in [0.15, 0.2) is 5.82 Å². The summed E-state index contributed by atoms with van der Waals surface area (Å²) in [4.78, 5) is 36.9. The number of hydrogen-bond acceptors (Lipinski definition) is 8. The molecule has 0 unspecified atom stereocenters. The van der Waals surface area contributed by atoms with Crippen LogP contribution in [0.3, 0.4) is 0 Å².